The molecule has 1 N–H and O–H groups in total. The van der Waals surface area contributed by atoms with Gasteiger partial charge in [-0.15, -0.1) is 0 Å². The molecule has 2 aliphatic rings. The van der Waals surface area contributed by atoms with Gasteiger partial charge in [0.15, 0.2) is 5.82 Å². The van der Waals surface area contributed by atoms with E-state index in [9.17, 15) is 9.59 Å². The van der Waals surface area contributed by atoms with E-state index in [2.05, 4.69) is 10.3 Å². The number of para-hydroxylation sites is 2. The Bertz CT molecular complexity index is 902. The Morgan fingerprint density at radius 1 is 1.17 bits per heavy atom. The molecule has 0 saturated carbocycles. The standard InChI is InChI=1S/C21H26N4O4/c1-2-29-17-9-4-3-7-15(17)22-20(26)19-23-18(16-8-5-6-10-25(16)19)21(27)24-11-13-28-14-12-24/h3-4,7,9H,2,5-6,8,10-14H2,1H3,(H,22,26). The Hall–Kier alpha value is -2.87. The highest BCUT2D eigenvalue weighted by Gasteiger charge is 2.30. The zero-order chi connectivity index (χ0) is 20.2. The van der Waals surface area contributed by atoms with Crippen molar-refractivity contribution in [2.45, 2.75) is 32.7 Å². The van der Waals surface area contributed by atoms with Crippen LogP contribution in [0.3, 0.4) is 0 Å². The van der Waals surface area contributed by atoms with Crippen molar-refractivity contribution in [1.29, 1.82) is 0 Å². The van der Waals surface area contributed by atoms with Gasteiger partial charge in [-0.05, 0) is 38.3 Å². The Balaban J connectivity index is 1.63. The summed E-state index contributed by atoms with van der Waals surface area (Å²) in [5, 5.41) is 2.90. The highest BCUT2D eigenvalue weighted by molar-refractivity contribution is 6.04. The summed E-state index contributed by atoms with van der Waals surface area (Å²) in [6.45, 7) is 5.25. The Labute approximate surface area is 169 Å². The van der Waals surface area contributed by atoms with E-state index >= 15 is 0 Å². The van der Waals surface area contributed by atoms with Crippen molar-refractivity contribution in [2.24, 2.45) is 0 Å². The summed E-state index contributed by atoms with van der Waals surface area (Å²) in [5.41, 5.74) is 1.85. The third-order valence-electron chi connectivity index (χ3n) is 5.26. The molecule has 154 valence electrons. The van der Waals surface area contributed by atoms with Crippen LogP contribution < -0.4 is 10.1 Å². The minimum absolute atomic E-state index is 0.118. The lowest BCUT2D eigenvalue weighted by Crippen LogP contribution is -2.41. The zero-order valence-corrected chi connectivity index (χ0v) is 16.6. The van der Waals surface area contributed by atoms with E-state index in [1.165, 1.54) is 0 Å². The fraction of sp³-hybridized carbons (Fsp3) is 0.476. The zero-order valence-electron chi connectivity index (χ0n) is 16.6. The number of morpholine rings is 1. The highest BCUT2D eigenvalue weighted by atomic mass is 16.5. The van der Waals surface area contributed by atoms with E-state index < -0.39 is 0 Å². The number of ether oxygens (including phenoxy) is 2. The van der Waals surface area contributed by atoms with Gasteiger partial charge in [-0.3, -0.25) is 9.59 Å². The lowest BCUT2D eigenvalue weighted by Gasteiger charge is -2.26. The number of nitrogens with zero attached hydrogens (tertiary/aromatic N) is 3. The SMILES string of the molecule is CCOc1ccccc1NC(=O)c1nc(C(=O)N2CCOCC2)c2n1CCCC2. The van der Waals surface area contributed by atoms with Crippen molar-refractivity contribution < 1.29 is 19.1 Å². The molecule has 1 aromatic carbocycles. The summed E-state index contributed by atoms with van der Waals surface area (Å²) >= 11 is 0. The van der Waals surface area contributed by atoms with E-state index in [0.29, 0.717) is 56.6 Å². The number of hydrogen-bond donors (Lipinski definition) is 1. The number of hydrogen-bond acceptors (Lipinski definition) is 5. The van der Waals surface area contributed by atoms with Crippen LogP contribution in [-0.4, -0.2) is 59.2 Å². The number of fused-ring (bicyclic) bond motifs is 1. The molecule has 3 heterocycles. The van der Waals surface area contributed by atoms with Crippen molar-refractivity contribution >= 4 is 17.5 Å². The molecule has 1 aromatic heterocycles. The van der Waals surface area contributed by atoms with E-state index in [0.717, 1.165) is 25.0 Å². The predicted molar refractivity (Wildman–Crippen MR) is 107 cm³/mol. The first-order valence-electron chi connectivity index (χ1n) is 10.2. The average molecular weight is 398 g/mol. The molecule has 0 radical (unpaired) electrons. The summed E-state index contributed by atoms with van der Waals surface area (Å²) in [5.74, 6) is 0.440. The van der Waals surface area contributed by atoms with Gasteiger partial charge in [0.1, 0.15) is 11.4 Å². The van der Waals surface area contributed by atoms with Crippen LogP contribution in [0.15, 0.2) is 24.3 Å². The normalized spacial score (nSPS) is 16.2. The van der Waals surface area contributed by atoms with Gasteiger partial charge in [0.2, 0.25) is 0 Å². The number of nitrogens with one attached hydrogen (secondary N) is 1. The Kier molecular flexibility index (Phi) is 5.80. The molecule has 0 unspecified atom stereocenters. The first-order chi connectivity index (χ1) is 14.2. The second-order valence-electron chi connectivity index (χ2n) is 7.13. The number of amides is 2. The molecule has 0 bridgehead atoms. The monoisotopic (exact) mass is 398 g/mol. The number of imidazole rings is 1. The first kappa shape index (κ1) is 19.4. The maximum absolute atomic E-state index is 13.1. The number of anilines is 1. The summed E-state index contributed by atoms with van der Waals surface area (Å²) in [7, 11) is 0. The van der Waals surface area contributed by atoms with E-state index in [1.54, 1.807) is 11.0 Å². The smallest absolute Gasteiger partial charge is 0.291 e. The summed E-state index contributed by atoms with van der Waals surface area (Å²) in [6.07, 6.45) is 2.70. The lowest BCUT2D eigenvalue weighted by atomic mass is 10.1. The van der Waals surface area contributed by atoms with Crippen molar-refractivity contribution in [3.05, 3.63) is 41.5 Å². The molecule has 2 aromatic rings. The molecule has 2 amide bonds. The fourth-order valence-corrected chi connectivity index (χ4v) is 3.83. The van der Waals surface area contributed by atoms with Gasteiger partial charge in [0.25, 0.3) is 11.8 Å². The van der Waals surface area contributed by atoms with Crippen molar-refractivity contribution in [3.63, 3.8) is 0 Å². The number of rotatable bonds is 5. The molecule has 29 heavy (non-hydrogen) atoms. The molecular weight excluding hydrogens is 372 g/mol. The largest absolute Gasteiger partial charge is 0.492 e. The summed E-state index contributed by atoms with van der Waals surface area (Å²) in [6, 6.07) is 7.31. The van der Waals surface area contributed by atoms with Gasteiger partial charge in [0, 0.05) is 19.6 Å². The van der Waals surface area contributed by atoms with Gasteiger partial charge < -0.3 is 24.3 Å². The molecule has 0 spiro atoms. The third-order valence-corrected chi connectivity index (χ3v) is 5.26. The van der Waals surface area contributed by atoms with Crippen LogP contribution >= 0.6 is 0 Å². The van der Waals surface area contributed by atoms with Crippen LogP contribution in [0.4, 0.5) is 5.69 Å². The number of aromatic nitrogens is 2. The third kappa shape index (κ3) is 3.98. The Morgan fingerprint density at radius 2 is 1.97 bits per heavy atom. The van der Waals surface area contributed by atoms with Crippen LogP contribution in [-0.2, 0) is 17.7 Å². The quantitative estimate of drug-likeness (QED) is 0.836. The second kappa shape index (κ2) is 8.65. The van der Waals surface area contributed by atoms with Gasteiger partial charge in [-0.1, -0.05) is 12.1 Å². The number of benzene rings is 1. The van der Waals surface area contributed by atoms with Crippen LogP contribution in [0.25, 0.3) is 0 Å². The first-order valence-corrected chi connectivity index (χ1v) is 10.2. The Morgan fingerprint density at radius 3 is 2.76 bits per heavy atom. The molecule has 4 rings (SSSR count). The topological polar surface area (TPSA) is 85.7 Å². The summed E-state index contributed by atoms with van der Waals surface area (Å²) in [4.78, 5) is 32.4. The molecule has 0 atom stereocenters. The maximum atomic E-state index is 13.1. The van der Waals surface area contributed by atoms with Crippen molar-refractivity contribution in [3.8, 4) is 5.75 Å². The maximum Gasteiger partial charge on any atom is 0.291 e. The molecule has 8 heteroatoms. The predicted octanol–water partition coefficient (Wildman–Crippen LogP) is 2.34. The minimum Gasteiger partial charge on any atom is -0.492 e. The number of carbonyl (C=O) groups excluding carboxylic acids is 2. The summed E-state index contributed by atoms with van der Waals surface area (Å²) < 4.78 is 12.8. The van der Waals surface area contributed by atoms with Crippen molar-refractivity contribution in [2.75, 3.05) is 38.2 Å². The molecular formula is C21H26N4O4. The lowest BCUT2D eigenvalue weighted by molar-refractivity contribution is 0.0298. The van der Waals surface area contributed by atoms with Gasteiger partial charge in [-0.25, -0.2) is 4.98 Å². The van der Waals surface area contributed by atoms with E-state index in [4.69, 9.17) is 9.47 Å². The van der Waals surface area contributed by atoms with Crippen LogP contribution in [0.5, 0.6) is 5.75 Å². The molecule has 1 saturated heterocycles. The molecule has 0 aliphatic carbocycles. The molecule has 1 fully saturated rings. The average Bonchev–Trinajstić information content (AvgIpc) is 3.15. The van der Waals surface area contributed by atoms with Crippen LogP contribution in [0, 0.1) is 0 Å². The highest BCUT2D eigenvalue weighted by Crippen LogP contribution is 2.26. The number of carbonyl (C=O) groups is 2. The van der Waals surface area contributed by atoms with E-state index in [-0.39, 0.29) is 17.6 Å². The van der Waals surface area contributed by atoms with Crippen LogP contribution in [0.2, 0.25) is 0 Å². The minimum atomic E-state index is -0.332. The second-order valence-corrected chi connectivity index (χ2v) is 7.13. The van der Waals surface area contributed by atoms with Gasteiger partial charge in [0.05, 0.1) is 31.2 Å². The van der Waals surface area contributed by atoms with Gasteiger partial charge in [-0.2, -0.15) is 0 Å². The van der Waals surface area contributed by atoms with E-state index in [1.807, 2.05) is 29.7 Å². The van der Waals surface area contributed by atoms with Gasteiger partial charge >= 0.3 is 0 Å². The van der Waals surface area contributed by atoms with Crippen LogP contribution in [0.1, 0.15) is 46.6 Å². The molecule has 8 nitrogen and oxygen atoms in total. The fourth-order valence-electron chi connectivity index (χ4n) is 3.83. The molecule has 2 aliphatic heterocycles. The van der Waals surface area contributed by atoms with Crippen molar-refractivity contribution in [1.82, 2.24) is 14.5 Å².